The van der Waals surface area contributed by atoms with Gasteiger partial charge in [-0.05, 0) is 39.5 Å². The summed E-state index contributed by atoms with van der Waals surface area (Å²) in [7, 11) is 0. The molecule has 1 heterocycles. The Morgan fingerprint density at radius 1 is 1.38 bits per heavy atom. The molecule has 0 amide bonds. The zero-order valence-corrected chi connectivity index (χ0v) is 10.1. The Bertz CT molecular complexity index is 300. The van der Waals surface area contributed by atoms with Crippen molar-refractivity contribution in [3.63, 3.8) is 0 Å². The summed E-state index contributed by atoms with van der Waals surface area (Å²) >= 11 is 0. The van der Waals surface area contributed by atoms with Gasteiger partial charge in [0.2, 0.25) is 0 Å². The van der Waals surface area contributed by atoms with Gasteiger partial charge in [0.15, 0.2) is 12.1 Å². The molecular formula is C13H20O3. The summed E-state index contributed by atoms with van der Waals surface area (Å²) in [6.07, 6.45) is 4.55. The number of hydrogen-bond acceptors (Lipinski definition) is 3. The van der Waals surface area contributed by atoms with Crippen LogP contribution in [0.15, 0.2) is 11.1 Å². The molecule has 0 N–H and O–H groups in total. The van der Waals surface area contributed by atoms with Gasteiger partial charge >= 0.3 is 0 Å². The minimum atomic E-state index is -0.113. The predicted molar refractivity (Wildman–Crippen MR) is 61.1 cm³/mol. The molecular weight excluding hydrogens is 204 g/mol. The van der Waals surface area contributed by atoms with Crippen LogP contribution in [0.3, 0.4) is 0 Å². The topological polar surface area (TPSA) is 35.5 Å². The van der Waals surface area contributed by atoms with E-state index in [2.05, 4.69) is 0 Å². The maximum absolute atomic E-state index is 11.7. The lowest BCUT2D eigenvalue weighted by Crippen LogP contribution is -2.28. The Morgan fingerprint density at radius 2 is 2.19 bits per heavy atom. The van der Waals surface area contributed by atoms with E-state index in [1.807, 2.05) is 13.8 Å². The van der Waals surface area contributed by atoms with Crippen molar-refractivity contribution in [2.45, 2.75) is 58.3 Å². The van der Waals surface area contributed by atoms with Crippen molar-refractivity contribution in [2.75, 3.05) is 6.61 Å². The van der Waals surface area contributed by atoms with E-state index in [-0.39, 0.29) is 18.2 Å². The average molecular weight is 224 g/mol. The lowest BCUT2D eigenvalue weighted by Gasteiger charge is -2.26. The van der Waals surface area contributed by atoms with Gasteiger partial charge in [-0.1, -0.05) is 5.57 Å². The molecule has 2 atom stereocenters. The van der Waals surface area contributed by atoms with Gasteiger partial charge in [-0.15, -0.1) is 0 Å². The molecule has 0 aromatic heterocycles. The maximum atomic E-state index is 11.7. The number of hydrogen-bond donors (Lipinski definition) is 0. The third-order valence-electron chi connectivity index (χ3n) is 3.39. The number of carbonyl (C=O) groups excluding carboxylic acids is 1. The van der Waals surface area contributed by atoms with E-state index in [1.165, 1.54) is 5.57 Å². The summed E-state index contributed by atoms with van der Waals surface area (Å²) in [5, 5.41) is 0. The number of ketones is 1. The van der Waals surface area contributed by atoms with E-state index >= 15 is 0 Å². The van der Waals surface area contributed by atoms with Gasteiger partial charge in [-0.3, -0.25) is 4.79 Å². The van der Waals surface area contributed by atoms with Crippen molar-refractivity contribution in [3.8, 4) is 0 Å². The molecule has 16 heavy (non-hydrogen) atoms. The molecule has 1 saturated heterocycles. The first-order valence-electron chi connectivity index (χ1n) is 6.18. The van der Waals surface area contributed by atoms with Crippen molar-refractivity contribution >= 4 is 5.78 Å². The Kier molecular flexibility index (Phi) is 3.77. The normalized spacial score (nSPS) is 28.6. The lowest BCUT2D eigenvalue weighted by atomic mass is 10.1. The SMILES string of the molecule is CC1=C(C(C)OC2CCCCO2)C(=O)CC1. The largest absolute Gasteiger partial charge is 0.353 e. The molecule has 0 aromatic rings. The van der Waals surface area contributed by atoms with Crippen LogP contribution in [0.25, 0.3) is 0 Å². The van der Waals surface area contributed by atoms with Crippen LogP contribution in [0.1, 0.15) is 46.0 Å². The fraction of sp³-hybridized carbons (Fsp3) is 0.769. The molecule has 3 heteroatoms. The van der Waals surface area contributed by atoms with Gasteiger partial charge in [0.25, 0.3) is 0 Å². The van der Waals surface area contributed by atoms with Crippen molar-refractivity contribution < 1.29 is 14.3 Å². The molecule has 0 spiro atoms. The number of ether oxygens (including phenoxy) is 2. The van der Waals surface area contributed by atoms with Crippen LogP contribution in [0.2, 0.25) is 0 Å². The van der Waals surface area contributed by atoms with Gasteiger partial charge in [0.1, 0.15) is 0 Å². The Hall–Kier alpha value is -0.670. The van der Waals surface area contributed by atoms with E-state index in [4.69, 9.17) is 9.47 Å². The van der Waals surface area contributed by atoms with Crippen LogP contribution in [0.4, 0.5) is 0 Å². The summed E-state index contributed by atoms with van der Waals surface area (Å²) in [6, 6.07) is 0. The van der Waals surface area contributed by atoms with E-state index in [0.717, 1.165) is 37.9 Å². The Labute approximate surface area is 96.8 Å². The van der Waals surface area contributed by atoms with Crippen LogP contribution in [0, 0.1) is 0 Å². The molecule has 2 unspecified atom stereocenters. The molecule has 0 saturated carbocycles. The highest BCUT2D eigenvalue weighted by Crippen LogP contribution is 2.28. The smallest absolute Gasteiger partial charge is 0.161 e. The molecule has 0 bridgehead atoms. The van der Waals surface area contributed by atoms with Crippen LogP contribution in [-0.2, 0) is 14.3 Å². The predicted octanol–water partition coefficient (Wildman–Crippen LogP) is 2.60. The van der Waals surface area contributed by atoms with Crippen LogP contribution < -0.4 is 0 Å². The molecule has 1 aliphatic heterocycles. The molecule has 2 aliphatic rings. The molecule has 90 valence electrons. The third-order valence-corrected chi connectivity index (χ3v) is 3.39. The van der Waals surface area contributed by atoms with Crippen molar-refractivity contribution in [1.29, 1.82) is 0 Å². The first-order valence-corrected chi connectivity index (χ1v) is 6.18. The second-order valence-electron chi connectivity index (χ2n) is 4.69. The van der Waals surface area contributed by atoms with Crippen LogP contribution in [-0.4, -0.2) is 24.8 Å². The van der Waals surface area contributed by atoms with Crippen LogP contribution >= 0.6 is 0 Å². The summed E-state index contributed by atoms with van der Waals surface area (Å²) in [4.78, 5) is 11.7. The van der Waals surface area contributed by atoms with Crippen molar-refractivity contribution in [1.82, 2.24) is 0 Å². The molecule has 2 rings (SSSR count). The average Bonchev–Trinajstić information content (AvgIpc) is 2.60. The highest BCUT2D eigenvalue weighted by atomic mass is 16.7. The molecule has 1 fully saturated rings. The van der Waals surface area contributed by atoms with Crippen molar-refractivity contribution in [3.05, 3.63) is 11.1 Å². The first-order chi connectivity index (χ1) is 7.68. The Balaban J connectivity index is 1.94. The fourth-order valence-corrected chi connectivity index (χ4v) is 2.50. The quantitative estimate of drug-likeness (QED) is 0.739. The number of Topliss-reactive ketones (excluding diaryl/α,β-unsaturated/α-hetero) is 1. The molecule has 0 aromatic carbocycles. The fourth-order valence-electron chi connectivity index (χ4n) is 2.50. The monoisotopic (exact) mass is 224 g/mol. The Morgan fingerprint density at radius 3 is 2.75 bits per heavy atom. The van der Waals surface area contributed by atoms with E-state index in [1.54, 1.807) is 0 Å². The number of allylic oxidation sites excluding steroid dienone is 1. The number of carbonyl (C=O) groups is 1. The second kappa shape index (κ2) is 5.11. The van der Waals surface area contributed by atoms with Gasteiger partial charge in [-0.2, -0.15) is 0 Å². The van der Waals surface area contributed by atoms with Gasteiger partial charge in [0, 0.05) is 18.6 Å². The third kappa shape index (κ3) is 2.53. The molecule has 0 radical (unpaired) electrons. The van der Waals surface area contributed by atoms with E-state index in [9.17, 15) is 4.79 Å². The summed E-state index contributed by atoms with van der Waals surface area (Å²) in [5.74, 6) is 0.251. The lowest BCUT2D eigenvalue weighted by molar-refractivity contribution is -0.177. The maximum Gasteiger partial charge on any atom is 0.161 e. The minimum Gasteiger partial charge on any atom is -0.353 e. The van der Waals surface area contributed by atoms with Crippen LogP contribution in [0.5, 0.6) is 0 Å². The minimum absolute atomic E-state index is 0.113. The molecule has 1 aliphatic carbocycles. The van der Waals surface area contributed by atoms with Gasteiger partial charge < -0.3 is 9.47 Å². The molecule has 3 nitrogen and oxygen atoms in total. The van der Waals surface area contributed by atoms with Gasteiger partial charge in [0.05, 0.1) is 6.10 Å². The van der Waals surface area contributed by atoms with Crippen molar-refractivity contribution in [2.24, 2.45) is 0 Å². The highest BCUT2D eigenvalue weighted by Gasteiger charge is 2.28. The summed E-state index contributed by atoms with van der Waals surface area (Å²) in [6.45, 7) is 4.77. The van der Waals surface area contributed by atoms with E-state index in [0.29, 0.717) is 6.42 Å². The zero-order valence-electron chi connectivity index (χ0n) is 10.1. The van der Waals surface area contributed by atoms with E-state index < -0.39 is 0 Å². The summed E-state index contributed by atoms with van der Waals surface area (Å²) in [5.41, 5.74) is 2.07. The van der Waals surface area contributed by atoms with Gasteiger partial charge in [-0.25, -0.2) is 0 Å². The first kappa shape index (κ1) is 11.8. The zero-order chi connectivity index (χ0) is 11.5. The number of rotatable bonds is 3. The highest BCUT2D eigenvalue weighted by molar-refractivity contribution is 5.99. The summed E-state index contributed by atoms with van der Waals surface area (Å²) < 4.78 is 11.3. The standard InChI is InChI=1S/C13H20O3/c1-9-6-7-11(14)13(9)10(2)16-12-5-3-4-8-15-12/h10,12H,3-8H2,1-2H3. The second-order valence-corrected chi connectivity index (χ2v) is 4.69.